The maximum absolute atomic E-state index is 13.6. The summed E-state index contributed by atoms with van der Waals surface area (Å²) in [5, 5.41) is 6.13. The number of carbonyl (C=O) groups excluding carboxylic acids is 1. The molecule has 170 valence electrons. The van der Waals surface area contributed by atoms with Gasteiger partial charge in [-0.2, -0.15) is 0 Å². The van der Waals surface area contributed by atoms with E-state index in [2.05, 4.69) is 42.6 Å². The molecule has 1 fully saturated rings. The van der Waals surface area contributed by atoms with E-state index in [1.807, 2.05) is 6.33 Å². The van der Waals surface area contributed by atoms with Gasteiger partial charge in [-0.1, -0.05) is 0 Å². The molecule has 0 aliphatic carbocycles. The predicted octanol–water partition coefficient (Wildman–Crippen LogP) is 5.47. The minimum Gasteiger partial charge on any atom is -0.461 e. The quantitative estimate of drug-likeness (QED) is 0.516. The van der Waals surface area contributed by atoms with E-state index in [0.717, 1.165) is 29.8 Å². The van der Waals surface area contributed by atoms with Crippen LogP contribution in [-0.2, 0) is 4.74 Å². The number of halogens is 1. The van der Waals surface area contributed by atoms with Crippen molar-refractivity contribution in [3.8, 4) is 22.0 Å². The first kappa shape index (κ1) is 22.6. The number of ether oxygens (including phenoxy) is 1. The fourth-order valence-corrected chi connectivity index (χ4v) is 5.65. The van der Waals surface area contributed by atoms with Crippen molar-refractivity contribution >= 4 is 17.3 Å². The highest BCUT2D eigenvalue weighted by Gasteiger charge is 2.39. The van der Waals surface area contributed by atoms with Crippen molar-refractivity contribution in [3.63, 3.8) is 0 Å². The van der Waals surface area contributed by atoms with Gasteiger partial charge in [0.15, 0.2) is 5.69 Å². The SMILES string of the molecule is CCOC(=O)c1csc(-c2c(-c3ccc(F)cc3)ncn2C2CC(C)(C)NC(C)(C)C2)n1. The standard InChI is InChI=1S/C24H29FN4O2S/c1-6-31-22(30)18-13-32-21(27-18)20-19(15-7-9-16(25)10-8-15)26-14-29(20)17-11-23(2,3)28-24(4,5)12-17/h7-10,13-14,17,28H,6,11-12H2,1-5H3. The van der Waals surface area contributed by atoms with Gasteiger partial charge in [-0.25, -0.2) is 19.2 Å². The summed E-state index contributed by atoms with van der Waals surface area (Å²) < 4.78 is 20.9. The van der Waals surface area contributed by atoms with Gasteiger partial charge in [0.25, 0.3) is 0 Å². The van der Waals surface area contributed by atoms with E-state index in [9.17, 15) is 9.18 Å². The molecule has 1 saturated heterocycles. The van der Waals surface area contributed by atoms with Gasteiger partial charge in [0.05, 0.1) is 18.6 Å². The van der Waals surface area contributed by atoms with Crippen molar-refractivity contribution in [2.24, 2.45) is 0 Å². The van der Waals surface area contributed by atoms with Crippen molar-refractivity contribution in [1.82, 2.24) is 19.9 Å². The molecule has 2 aromatic heterocycles. The number of hydrogen-bond donors (Lipinski definition) is 1. The number of benzene rings is 1. The van der Waals surface area contributed by atoms with Crippen LogP contribution in [-0.4, -0.2) is 38.2 Å². The summed E-state index contributed by atoms with van der Waals surface area (Å²) in [5.74, 6) is -0.732. The zero-order chi connectivity index (χ0) is 23.1. The molecule has 1 N–H and O–H groups in total. The average molecular weight is 457 g/mol. The molecular weight excluding hydrogens is 427 g/mol. The van der Waals surface area contributed by atoms with E-state index in [0.29, 0.717) is 11.6 Å². The Kier molecular flexibility index (Phi) is 5.94. The first-order chi connectivity index (χ1) is 15.1. The number of nitrogens with one attached hydrogen (secondary N) is 1. The Morgan fingerprint density at radius 3 is 2.50 bits per heavy atom. The monoisotopic (exact) mass is 456 g/mol. The number of carbonyl (C=O) groups is 1. The highest BCUT2D eigenvalue weighted by molar-refractivity contribution is 7.13. The molecule has 0 bridgehead atoms. The molecule has 1 aromatic carbocycles. The zero-order valence-corrected chi connectivity index (χ0v) is 19.9. The van der Waals surface area contributed by atoms with Gasteiger partial charge in [-0.3, -0.25) is 0 Å². The topological polar surface area (TPSA) is 69.0 Å². The van der Waals surface area contributed by atoms with Crippen molar-refractivity contribution in [1.29, 1.82) is 0 Å². The van der Waals surface area contributed by atoms with Gasteiger partial charge in [0, 0.05) is 28.1 Å². The van der Waals surface area contributed by atoms with Crippen LogP contribution in [0, 0.1) is 5.82 Å². The average Bonchev–Trinajstić information content (AvgIpc) is 3.33. The highest BCUT2D eigenvalue weighted by atomic mass is 32.1. The van der Waals surface area contributed by atoms with Crippen LogP contribution in [0.4, 0.5) is 4.39 Å². The van der Waals surface area contributed by atoms with E-state index < -0.39 is 5.97 Å². The van der Waals surface area contributed by atoms with Gasteiger partial charge < -0.3 is 14.6 Å². The van der Waals surface area contributed by atoms with Gasteiger partial charge in [-0.15, -0.1) is 11.3 Å². The molecule has 0 spiro atoms. The van der Waals surface area contributed by atoms with Crippen molar-refractivity contribution in [2.75, 3.05) is 6.61 Å². The van der Waals surface area contributed by atoms with E-state index in [1.54, 1.807) is 24.4 Å². The largest absolute Gasteiger partial charge is 0.461 e. The van der Waals surface area contributed by atoms with Crippen LogP contribution < -0.4 is 5.32 Å². The molecule has 0 unspecified atom stereocenters. The Balaban J connectivity index is 1.83. The number of hydrogen-bond acceptors (Lipinski definition) is 6. The van der Waals surface area contributed by atoms with Gasteiger partial charge in [-0.05, 0) is 71.7 Å². The molecule has 0 radical (unpaired) electrons. The predicted molar refractivity (Wildman–Crippen MR) is 124 cm³/mol. The number of thiazole rings is 1. The fraction of sp³-hybridized carbons (Fsp3) is 0.458. The maximum Gasteiger partial charge on any atom is 0.357 e. The smallest absolute Gasteiger partial charge is 0.357 e. The Hall–Kier alpha value is -2.58. The Labute approximate surface area is 191 Å². The lowest BCUT2D eigenvalue weighted by Gasteiger charge is -2.47. The summed E-state index contributed by atoms with van der Waals surface area (Å²) in [4.78, 5) is 21.5. The van der Waals surface area contributed by atoms with Gasteiger partial charge in [0.1, 0.15) is 16.5 Å². The Morgan fingerprint density at radius 2 is 1.88 bits per heavy atom. The number of imidazole rings is 1. The summed E-state index contributed by atoms with van der Waals surface area (Å²) in [5.41, 5.74) is 2.56. The first-order valence-corrected chi connectivity index (χ1v) is 11.7. The molecule has 6 nitrogen and oxygen atoms in total. The summed E-state index contributed by atoms with van der Waals surface area (Å²) in [6.07, 6.45) is 3.68. The highest BCUT2D eigenvalue weighted by Crippen LogP contribution is 2.41. The van der Waals surface area contributed by atoms with Crippen LogP contribution in [0.25, 0.3) is 22.0 Å². The fourth-order valence-electron chi connectivity index (χ4n) is 4.82. The van der Waals surface area contributed by atoms with Crippen molar-refractivity contribution in [3.05, 3.63) is 47.5 Å². The second-order valence-electron chi connectivity index (χ2n) is 9.57. The molecule has 3 aromatic rings. The minimum atomic E-state index is -0.437. The van der Waals surface area contributed by atoms with Crippen LogP contribution in [0.1, 0.15) is 64.0 Å². The molecule has 0 saturated carbocycles. The van der Waals surface area contributed by atoms with Crippen LogP contribution in [0.3, 0.4) is 0 Å². The third-order valence-corrected chi connectivity index (χ3v) is 6.51. The molecule has 1 aliphatic heterocycles. The molecule has 0 amide bonds. The van der Waals surface area contributed by atoms with Gasteiger partial charge >= 0.3 is 5.97 Å². The van der Waals surface area contributed by atoms with Crippen LogP contribution >= 0.6 is 11.3 Å². The van der Waals surface area contributed by atoms with E-state index in [1.165, 1.54) is 23.5 Å². The number of esters is 1. The Bertz CT molecular complexity index is 1100. The van der Waals surface area contributed by atoms with Crippen LogP contribution in [0.5, 0.6) is 0 Å². The number of rotatable bonds is 5. The van der Waals surface area contributed by atoms with E-state index in [4.69, 9.17) is 9.72 Å². The second kappa shape index (κ2) is 8.41. The van der Waals surface area contributed by atoms with Crippen LogP contribution in [0.2, 0.25) is 0 Å². The third kappa shape index (κ3) is 4.61. The van der Waals surface area contributed by atoms with Crippen LogP contribution in [0.15, 0.2) is 36.0 Å². The summed E-state index contributed by atoms with van der Waals surface area (Å²) >= 11 is 1.39. The zero-order valence-electron chi connectivity index (χ0n) is 19.1. The number of piperidine rings is 1. The second-order valence-corrected chi connectivity index (χ2v) is 10.4. The Morgan fingerprint density at radius 1 is 1.22 bits per heavy atom. The van der Waals surface area contributed by atoms with Crippen molar-refractivity contribution < 1.29 is 13.9 Å². The lowest BCUT2D eigenvalue weighted by Crippen LogP contribution is -2.57. The molecule has 32 heavy (non-hydrogen) atoms. The van der Waals surface area contributed by atoms with E-state index in [-0.39, 0.29) is 28.6 Å². The number of nitrogens with zero attached hydrogens (tertiary/aromatic N) is 3. The van der Waals surface area contributed by atoms with E-state index >= 15 is 0 Å². The molecular formula is C24H29FN4O2S. The lowest BCUT2D eigenvalue weighted by atomic mass is 9.79. The third-order valence-electron chi connectivity index (χ3n) is 5.66. The van der Waals surface area contributed by atoms with Crippen molar-refractivity contribution in [2.45, 2.75) is 64.6 Å². The summed E-state index contributed by atoms with van der Waals surface area (Å²) in [7, 11) is 0. The summed E-state index contributed by atoms with van der Waals surface area (Å²) in [6, 6.07) is 6.50. The molecule has 8 heteroatoms. The lowest BCUT2D eigenvalue weighted by molar-refractivity contribution is 0.0520. The maximum atomic E-state index is 13.6. The molecule has 1 aliphatic rings. The normalized spacial score (nSPS) is 17.9. The molecule has 0 atom stereocenters. The summed E-state index contributed by atoms with van der Waals surface area (Å²) in [6.45, 7) is 10.9. The molecule has 4 rings (SSSR count). The number of aromatic nitrogens is 3. The first-order valence-electron chi connectivity index (χ1n) is 10.8. The molecule has 3 heterocycles. The van der Waals surface area contributed by atoms with Gasteiger partial charge in [0.2, 0.25) is 0 Å². The minimum absolute atomic E-state index is 0.0526.